The third-order valence-electron chi connectivity index (χ3n) is 4.19. The molecule has 1 atom stereocenters. The first-order valence-corrected chi connectivity index (χ1v) is 7.51. The molecule has 0 saturated heterocycles. The Bertz CT molecular complexity index is 914. The largest absolute Gasteiger partial charge is 0.449 e. The highest BCUT2D eigenvalue weighted by Gasteiger charge is 2.34. The number of cyclic esters (lactones) is 1. The topological polar surface area (TPSA) is 26.3 Å². The first-order valence-electron chi connectivity index (χ1n) is 7.14. The molecule has 3 heteroatoms. The van der Waals surface area contributed by atoms with Gasteiger partial charge in [0.05, 0.1) is 5.56 Å². The minimum Gasteiger partial charge on any atom is -0.449 e. The molecule has 0 aromatic heterocycles. The molecule has 1 heterocycles. The third kappa shape index (κ3) is 1.92. The number of hydrogen-bond acceptors (Lipinski definition) is 2. The lowest BCUT2D eigenvalue weighted by molar-refractivity contribution is 0.0456. The Hall–Kier alpha value is -2.32. The van der Waals surface area contributed by atoms with Crippen LogP contribution in [-0.2, 0) is 4.74 Å². The van der Waals surface area contributed by atoms with Gasteiger partial charge in [0.2, 0.25) is 0 Å². The normalized spacial score (nSPS) is 16.6. The van der Waals surface area contributed by atoms with Crippen LogP contribution >= 0.6 is 11.6 Å². The average Bonchev–Trinajstić information content (AvgIpc) is 2.85. The summed E-state index contributed by atoms with van der Waals surface area (Å²) in [4.78, 5) is 12.4. The molecule has 3 aromatic rings. The van der Waals surface area contributed by atoms with Crippen molar-refractivity contribution in [3.63, 3.8) is 0 Å². The second kappa shape index (κ2) is 4.85. The minimum atomic E-state index is -0.357. The van der Waals surface area contributed by atoms with Crippen LogP contribution in [0.15, 0.2) is 54.6 Å². The van der Waals surface area contributed by atoms with E-state index in [1.54, 1.807) is 0 Å². The number of carbonyl (C=O) groups is 1. The molecular weight excluding hydrogens is 296 g/mol. The highest BCUT2D eigenvalue weighted by atomic mass is 35.5. The van der Waals surface area contributed by atoms with E-state index in [0.29, 0.717) is 10.6 Å². The van der Waals surface area contributed by atoms with Crippen molar-refractivity contribution >= 4 is 28.3 Å². The van der Waals surface area contributed by atoms with E-state index in [4.69, 9.17) is 16.3 Å². The molecule has 0 saturated carbocycles. The summed E-state index contributed by atoms with van der Waals surface area (Å²) in [6, 6.07) is 17.6. The highest BCUT2D eigenvalue weighted by Crippen LogP contribution is 2.40. The van der Waals surface area contributed by atoms with Crippen molar-refractivity contribution in [3.05, 3.63) is 81.9 Å². The molecule has 22 heavy (non-hydrogen) atoms. The molecule has 0 N–H and O–H groups in total. The number of aryl methyl sites for hydroxylation is 1. The summed E-state index contributed by atoms with van der Waals surface area (Å²) in [5.41, 5.74) is 3.60. The number of hydrogen-bond donors (Lipinski definition) is 0. The third-order valence-corrected chi connectivity index (χ3v) is 4.42. The maximum Gasteiger partial charge on any atom is 0.340 e. The van der Waals surface area contributed by atoms with E-state index < -0.39 is 0 Å². The van der Waals surface area contributed by atoms with Crippen molar-refractivity contribution in [1.29, 1.82) is 0 Å². The number of benzene rings is 3. The lowest BCUT2D eigenvalue weighted by atomic mass is 9.93. The van der Waals surface area contributed by atoms with E-state index in [1.165, 1.54) is 0 Å². The molecule has 0 fully saturated rings. The second-order valence-corrected chi connectivity index (χ2v) is 5.97. The van der Waals surface area contributed by atoms with Crippen LogP contribution in [-0.4, -0.2) is 5.97 Å². The fraction of sp³-hybridized carbons (Fsp3) is 0.105. The lowest BCUT2D eigenvalue weighted by Crippen LogP contribution is -2.02. The molecule has 0 unspecified atom stereocenters. The highest BCUT2D eigenvalue weighted by molar-refractivity contribution is 6.30. The predicted octanol–water partition coefficient (Wildman–Crippen LogP) is 5.06. The van der Waals surface area contributed by atoms with Gasteiger partial charge < -0.3 is 4.74 Å². The van der Waals surface area contributed by atoms with E-state index in [0.717, 1.165) is 27.5 Å². The van der Waals surface area contributed by atoms with E-state index in [2.05, 4.69) is 0 Å². The van der Waals surface area contributed by atoms with Crippen LogP contribution in [0.5, 0.6) is 0 Å². The van der Waals surface area contributed by atoms with Crippen LogP contribution in [0.2, 0.25) is 5.02 Å². The van der Waals surface area contributed by atoms with Gasteiger partial charge in [0, 0.05) is 16.1 Å². The quantitative estimate of drug-likeness (QED) is 0.587. The second-order valence-electron chi connectivity index (χ2n) is 5.54. The molecule has 0 spiro atoms. The van der Waals surface area contributed by atoms with Crippen molar-refractivity contribution in [2.45, 2.75) is 13.0 Å². The maximum atomic E-state index is 12.4. The van der Waals surface area contributed by atoms with Crippen molar-refractivity contribution in [1.82, 2.24) is 0 Å². The Morgan fingerprint density at radius 1 is 1.00 bits per heavy atom. The van der Waals surface area contributed by atoms with E-state index in [-0.39, 0.29) is 12.1 Å². The number of ether oxygens (including phenoxy) is 1. The summed E-state index contributed by atoms with van der Waals surface area (Å²) >= 11 is 6.02. The van der Waals surface area contributed by atoms with Crippen molar-refractivity contribution < 1.29 is 9.53 Å². The molecule has 1 aliphatic rings. The predicted molar refractivity (Wildman–Crippen MR) is 87.4 cm³/mol. The number of fused-ring (bicyclic) bond motifs is 3. The molecule has 3 aromatic carbocycles. The smallest absolute Gasteiger partial charge is 0.340 e. The first-order chi connectivity index (χ1) is 10.6. The van der Waals surface area contributed by atoms with Gasteiger partial charge in [-0.05, 0) is 35.4 Å². The Kier molecular flexibility index (Phi) is 2.95. The fourth-order valence-corrected chi connectivity index (χ4v) is 3.36. The van der Waals surface area contributed by atoms with Crippen molar-refractivity contribution in [2.24, 2.45) is 0 Å². The van der Waals surface area contributed by atoms with Gasteiger partial charge in [0.1, 0.15) is 0 Å². The summed E-state index contributed by atoms with van der Waals surface area (Å²) < 4.78 is 5.66. The first kappa shape index (κ1) is 13.4. The zero-order valence-corrected chi connectivity index (χ0v) is 12.7. The molecular formula is C19H13ClO2. The molecule has 4 rings (SSSR count). The summed E-state index contributed by atoms with van der Waals surface area (Å²) in [6.07, 6.45) is -0.357. The van der Waals surface area contributed by atoms with Crippen LogP contribution in [0.4, 0.5) is 0 Å². The SMILES string of the molecule is Cc1cc(Cl)ccc1[C@H]1OC(=O)c2c1ccc1ccccc21. The van der Waals surface area contributed by atoms with Gasteiger partial charge in [-0.1, -0.05) is 54.1 Å². The van der Waals surface area contributed by atoms with Crippen LogP contribution in [0, 0.1) is 6.92 Å². The molecule has 0 bridgehead atoms. The summed E-state index contributed by atoms with van der Waals surface area (Å²) in [5, 5.41) is 2.68. The summed E-state index contributed by atoms with van der Waals surface area (Å²) in [7, 11) is 0. The Morgan fingerprint density at radius 3 is 2.59 bits per heavy atom. The Labute approximate surface area is 133 Å². The molecule has 0 aliphatic carbocycles. The standard InChI is InChI=1S/C19H13ClO2/c1-11-10-13(20)7-9-14(11)18-16-8-6-12-4-2-3-5-15(12)17(16)19(21)22-18/h2-10,18H,1H3/t18-/m1/s1. The number of halogens is 1. The van der Waals surface area contributed by atoms with Gasteiger partial charge in [0.15, 0.2) is 6.10 Å². The number of esters is 1. The van der Waals surface area contributed by atoms with Gasteiger partial charge in [-0.25, -0.2) is 4.79 Å². The molecule has 0 amide bonds. The van der Waals surface area contributed by atoms with Crippen LogP contribution in [0.1, 0.15) is 33.2 Å². The molecule has 0 radical (unpaired) electrons. The van der Waals surface area contributed by atoms with Crippen molar-refractivity contribution in [3.8, 4) is 0 Å². The van der Waals surface area contributed by atoms with Crippen molar-refractivity contribution in [2.75, 3.05) is 0 Å². The number of carbonyl (C=O) groups excluding carboxylic acids is 1. The van der Waals surface area contributed by atoms with Crippen LogP contribution in [0.25, 0.3) is 10.8 Å². The van der Waals surface area contributed by atoms with E-state index in [9.17, 15) is 4.79 Å². The van der Waals surface area contributed by atoms with E-state index in [1.807, 2.05) is 61.5 Å². The van der Waals surface area contributed by atoms with Gasteiger partial charge in [-0.15, -0.1) is 0 Å². The average molecular weight is 309 g/mol. The molecule has 108 valence electrons. The van der Waals surface area contributed by atoms with Gasteiger partial charge in [-0.3, -0.25) is 0 Å². The molecule has 2 nitrogen and oxygen atoms in total. The van der Waals surface area contributed by atoms with Crippen LogP contribution < -0.4 is 0 Å². The molecule has 1 aliphatic heterocycles. The maximum absolute atomic E-state index is 12.4. The minimum absolute atomic E-state index is 0.258. The summed E-state index contributed by atoms with van der Waals surface area (Å²) in [5.74, 6) is -0.258. The van der Waals surface area contributed by atoms with Gasteiger partial charge in [-0.2, -0.15) is 0 Å². The zero-order chi connectivity index (χ0) is 15.3. The number of rotatable bonds is 1. The Morgan fingerprint density at radius 2 is 1.77 bits per heavy atom. The van der Waals surface area contributed by atoms with Gasteiger partial charge >= 0.3 is 5.97 Å². The van der Waals surface area contributed by atoms with Gasteiger partial charge in [0.25, 0.3) is 0 Å². The van der Waals surface area contributed by atoms with E-state index >= 15 is 0 Å². The Balaban J connectivity index is 1.94. The fourth-order valence-electron chi connectivity index (χ4n) is 3.13. The zero-order valence-electron chi connectivity index (χ0n) is 12.0. The lowest BCUT2D eigenvalue weighted by Gasteiger charge is -2.14. The monoisotopic (exact) mass is 308 g/mol. The summed E-state index contributed by atoms with van der Waals surface area (Å²) in [6.45, 7) is 1.98. The van der Waals surface area contributed by atoms with Crippen LogP contribution in [0.3, 0.4) is 0 Å².